The van der Waals surface area contributed by atoms with Crippen molar-refractivity contribution < 1.29 is 30.8 Å². The van der Waals surface area contributed by atoms with Crippen LogP contribution >= 0.6 is 0 Å². The number of benzene rings is 2. The summed E-state index contributed by atoms with van der Waals surface area (Å²) in [6.45, 7) is 1.12. The molecule has 0 saturated carbocycles. The molecule has 0 bridgehead atoms. The minimum absolute atomic E-state index is 0.0598. The largest absolute Gasteiger partial charge is 0.451 e. The van der Waals surface area contributed by atoms with Crippen molar-refractivity contribution in [2.75, 3.05) is 11.7 Å². The molecule has 0 atom stereocenters. The number of hydrogen-bond donors (Lipinski definition) is 2. The zero-order valence-electron chi connectivity index (χ0n) is 16.7. The van der Waals surface area contributed by atoms with Crippen molar-refractivity contribution in [1.82, 2.24) is 15.4 Å². The zero-order valence-corrected chi connectivity index (χ0v) is 17.5. The second-order valence-corrected chi connectivity index (χ2v) is 8.72. The molecule has 3 rings (SSSR count). The standard InChI is InChI=1S/C20H16F4N4O3S/c1-11(29)27-28-18-16(14-5-3-4-6-15(14)21)17(25-19(26-18)20(22,23)24)12-7-9-13(10-8-12)32(2,30)31/h3-10H,1-2H3,(H,27,29)(H,25,26,28). The van der Waals surface area contributed by atoms with Gasteiger partial charge in [-0.3, -0.25) is 15.6 Å². The van der Waals surface area contributed by atoms with Crippen LogP contribution in [0.25, 0.3) is 22.4 Å². The number of sulfone groups is 1. The Morgan fingerprint density at radius 1 is 1.00 bits per heavy atom. The fourth-order valence-electron chi connectivity index (χ4n) is 2.81. The Morgan fingerprint density at radius 3 is 2.16 bits per heavy atom. The highest BCUT2D eigenvalue weighted by atomic mass is 32.2. The van der Waals surface area contributed by atoms with Gasteiger partial charge in [0, 0.05) is 24.3 Å². The molecule has 0 spiro atoms. The summed E-state index contributed by atoms with van der Waals surface area (Å²) in [6, 6.07) is 10.2. The maximum atomic E-state index is 14.6. The molecule has 1 aromatic heterocycles. The van der Waals surface area contributed by atoms with Gasteiger partial charge >= 0.3 is 6.18 Å². The highest BCUT2D eigenvalue weighted by Crippen LogP contribution is 2.39. The summed E-state index contributed by atoms with van der Waals surface area (Å²) < 4.78 is 78.6. The molecule has 2 aromatic carbocycles. The Bertz CT molecular complexity index is 1280. The predicted octanol–water partition coefficient (Wildman–Crippen LogP) is 3.84. The SMILES string of the molecule is CC(=O)NNc1nc(C(F)(F)F)nc(-c2ccc(S(C)(=O)=O)cc2)c1-c1ccccc1F. The third-order valence-electron chi connectivity index (χ3n) is 4.22. The van der Waals surface area contributed by atoms with Crippen LogP contribution in [0.15, 0.2) is 53.4 Å². The number of alkyl halides is 3. The molecule has 32 heavy (non-hydrogen) atoms. The molecule has 0 radical (unpaired) electrons. The van der Waals surface area contributed by atoms with Crippen molar-refractivity contribution in [3.05, 3.63) is 60.2 Å². The number of rotatable bonds is 5. The van der Waals surface area contributed by atoms with E-state index in [9.17, 15) is 30.8 Å². The van der Waals surface area contributed by atoms with E-state index in [1.807, 2.05) is 0 Å². The first-order valence-electron chi connectivity index (χ1n) is 8.95. The predicted molar refractivity (Wildman–Crippen MR) is 108 cm³/mol. The van der Waals surface area contributed by atoms with Gasteiger partial charge in [-0.1, -0.05) is 30.3 Å². The van der Waals surface area contributed by atoms with Crippen molar-refractivity contribution in [3.63, 3.8) is 0 Å². The lowest BCUT2D eigenvalue weighted by Gasteiger charge is -2.18. The molecule has 168 valence electrons. The number of anilines is 1. The summed E-state index contributed by atoms with van der Waals surface area (Å²) in [5.41, 5.74) is 3.89. The third kappa shape index (κ3) is 5.02. The Labute approximate surface area is 180 Å². The second-order valence-electron chi connectivity index (χ2n) is 6.70. The summed E-state index contributed by atoms with van der Waals surface area (Å²) in [5.74, 6) is -3.42. The molecule has 7 nitrogen and oxygen atoms in total. The van der Waals surface area contributed by atoms with Gasteiger partial charge < -0.3 is 0 Å². The van der Waals surface area contributed by atoms with Crippen LogP contribution in [0, 0.1) is 5.82 Å². The quantitative estimate of drug-likeness (QED) is 0.436. The summed E-state index contributed by atoms with van der Waals surface area (Å²) in [6.07, 6.45) is -3.98. The number of amides is 1. The van der Waals surface area contributed by atoms with Crippen molar-refractivity contribution in [1.29, 1.82) is 0 Å². The van der Waals surface area contributed by atoms with Crippen molar-refractivity contribution >= 4 is 21.6 Å². The Balaban J connectivity index is 2.35. The van der Waals surface area contributed by atoms with Crippen LogP contribution in [-0.4, -0.2) is 30.5 Å². The number of carbonyl (C=O) groups is 1. The van der Waals surface area contributed by atoms with Gasteiger partial charge in [0.25, 0.3) is 0 Å². The van der Waals surface area contributed by atoms with Crippen molar-refractivity contribution in [3.8, 4) is 22.4 Å². The van der Waals surface area contributed by atoms with E-state index in [1.165, 1.54) is 42.5 Å². The van der Waals surface area contributed by atoms with Crippen LogP contribution in [0.2, 0.25) is 0 Å². The molecule has 0 fully saturated rings. The third-order valence-corrected chi connectivity index (χ3v) is 5.35. The highest BCUT2D eigenvalue weighted by molar-refractivity contribution is 7.90. The van der Waals surface area contributed by atoms with Crippen molar-refractivity contribution in [2.45, 2.75) is 18.0 Å². The zero-order chi connectivity index (χ0) is 23.7. The van der Waals surface area contributed by atoms with E-state index in [-0.39, 0.29) is 27.3 Å². The molecule has 0 unspecified atom stereocenters. The van der Waals surface area contributed by atoms with Crippen LogP contribution in [0.4, 0.5) is 23.4 Å². The van der Waals surface area contributed by atoms with Crippen LogP contribution < -0.4 is 10.9 Å². The molecule has 0 saturated heterocycles. The molecule has 12 heteroatoms. The number of aromatic nitrogens is 2. The van der Waals surface area contributed by atoms with Crippen molar-refractivity contribution in [2.24, 2.45) is 0 Å². The first kappa shape index (κ1) is 23.1. The van der Waals surface area contributed by atoms with Gasteiger partial charge in [0.15, 0.2) is 15.7 Å². The van der Waals surface area contributed by atoms with Gasteiger partial charge in [-0.2, -0.15) is 13.2 Å². The lowest BCUT2D eigenvalue weighted by Crippen LogP contribution is -2.28. The Morgan fingerprint density at radius 2 is 1.62 bits per heavy atom. The minimum atomic E-state index is -4.96. The normalized spacial score (nSPS) is 11.8. The molecule has 1 amide bonds. The van der Waals surface area contributed by atoms with Gasteiger partial charge in [0.1, 0.15) is 5.82 Å². The van der Waals surface area contributed by atoms with E-state index in [0.29, 0.717) is 0 Å². The Hall–Kier alpha value is -3.54. The highest BCUT2D eigenvalue weighted by Gasteiger charge is 2.37. The van der Waals surface area contributed by atoms with Crippen LogP contribution in [-0.2, 0) is 20.8 Å². The number of carbonyl (C=O) groups excluding carboxylic acids is 1. The second kappa shape index (κ2) is 8.54. The van der Waals surface area contributed by atoms with E-state index >= 15 is 0 Å². The lowest BCUT2D eigenvalue weighted by molar-refractivity contribution is -0.144. The Kier molecular flexibility index (Phi) is 6.17. The van der Waals surface area contributed by atoms with Gasteiger partial charge in [0.2, 0.25) is 11.7 Å². The van der Waals surface area contributed by atoms with E-state index in [0.717, 1.165) is 19.2 Å². The molecule has 0 aliphatic rings. The van der Waals surface area contributed by atoms with Gasteiger partial charge in [-0.15, -0.1) is 0 Å². The monoisotopic (exact) mass is 468 g/mol. The number of hydrogen-bond acceptors (Lipinski definition) is 6. The molecule has 1 heterocycles. The maximum Gasteiger partial charge on any atom is 0.451 e. The summed E-state index contributed by atoms with van der Waals surface area (Å²) in [4.78, 5) is 18.3. The molecule has 3 aromatic rings. The average molecular weight is 468 g/mol. The fourth-order valence-corrected chi connectivity index (χ4v) is 3.44. The van der Waals surface area contributed by atoms with E-state index < -0.39 is 39.4 Å². The summed E-state index contributed by atoms with van der Waals surface area (Å²) in [7, 11) is -3.56. The van der Waals surface area contributed by atoms with E-state index in [2.05, 4.69) is 20.8 Å². The minimum Gasteiger partial charge on any atom is -0.281 e. The average Bonchev–Trinajstić information content (AvgIpc) is 2.71. The van der Waals surface area contributed by atoms with Crippen LogP contribution in [0.5, 0.6) is 0 Å². The summed E-state index contributed by atoms with van der Waals surface area (Å²) in [5, 5.41) is 0. The topological polar surface area (TPSA) is 101 Å². The van der Waals surface area contributed by atoms with Crippen LogP contribution in [0.3, 0.4) is 0 Å². The number of nitrogens with zero attached hydrogens (tertiary/aromatic N) is 2. The smallest absolute Gasteiger partial charge is 0.281 e. The van der Waals surface area contributed by atoms with Gasteiger partial charge in [-0.25, -0.2) is 22.8 Å². The molecular formula is C20H16F4N4O3S. The number of nitrogens with one attached hydrogen (secondary N) is 2. The number of hydrazine groups is 1. The number of halogens is 4. The maximum absolute atomic E-state index is 14.6. The van der Waals surface area contributed by atoms with Crippen LogP contribution in [0.1, 0.15) is 12.7 Å². The lowest BCUT2D eigenvalue weighted by atomic mass is 9.99. The molecule has 0 aliphatic heterocycles. The van der Waals surface area contributed by atoms with Gasteiger partial charge in [-0.05, 0) is 18.2 Å². The first-order chi connectivity index (χ1) is 14.9. The molecular weight excluding hydrogens is 452 g/mol. The molecule has 0 aliphatic carbocycles. The van der Waals surface area contributed by atoms with Gasteiger partial charge in [0.05, 0.1) is 16.2 Å². The molecule has 2 N–H and O–H groups in total. The van der Waals surface area contributed by atoms with E-state index in [4.69, 9.17) is 0 Å². The van der Waals surface area contributed by atoms with E-state index in [1.54, 1.807) is 0 Å². The summed E-state index contributed by atoms with van der Waals surface area (Å²) >= 11 is 0. The first-order valence-corrected chi connectivity index (χ1v) is 10.8. The fraction of sp³-hybridized carbons (Fsp3) is 0.150.